The zero-order chi connectivity index (χ0) is 14.0. The molecule has 1 aliphatic rings. The van der Waals surface area contributed by atoms with Crippen molar-refractivity contribution in [2.75, 3.05) is 13.4 Å². The highest BCUT2D eigenvalue weighted by Gasteiger charge is 2.17. The lowest BCUT2D eigenvalue weighted by Gasteiger charge is -2.09. The van der Waals surface area contributed by atoms with Crippen LogP contribution in [0.25, 0.3) is 0 Å². The van der Waals surface area contributed by atoms with Gasteiger partial charge in [-0.3, -0.25) is 9.59 Å². The van der Waals surface area contributed by atoms with E-state index in [0.717, 1.165) is 12.8 Å². The molecule has 0 aromatic carbocycles. The zero-order valence-electron chi connectivity index (χ0n) is 10.7. The molecule has 0 amide bonds. The van der Waals surface area contributed by atoms with Crippen molar-refractivity contribution in [2.45, 2.75) is 33.1 Å². The minimum atomic E-state index is -0.513. The molecule has 0 bridgehead atoms. The summed E-state index contributed by atoms with van der Waals surface area (Å²) in [5.74, 6) is -1.29. The van der Waals surface area contributed by atoms with Crippen LogP contribution >= 0.6 is 0 Å². The Bertz CT molecular complexity index is 291. The maximum absolute atomic E-state index is 10.8. The smallest absolute Gasteiger partial charge is 0.333 e. The van der Waals surface area contributed by atoms with E-state index in [4.69, 9.17) is 4.74 Å². The summed E-state index contributed by atoms with van der Waals surface area (Å²) < 4.78 is 13.3. The average Bonchev–Trinajstić information content (AvgIpc) is 2.30. The third-order valence-electron chi connectivity index (χ3n) is 1.84. The van der Waals surface area contributed by atoms with Crippen LogP contribution in [-0.2, 0) is 28.6 Å². The Morgan fingerprint density at radius 1 is 1.28 bits per heavy atom. The van der Waals surface area contributed by atoms with Crippen LogP contribution in [0.4, 0.5) is 0 Å². The van der Waals surface area contributed by atoms with Crippen LogP contribution in [0.5, 0.6) is 0 Å². The second-order valence-corrected chi connectivity index (χ2v) is 3.40. The number of hydrogen-bond acceptors (Lipinski definition) is 6. The molecule has 6 heteroatoms. The van der Waals surface area contributed by atoms with E-state index >= 15 is 0 Å². The molecular weight excluding hydrogens is 240 g/mol. The molecule has 1 heterocycles. The van der Waals surface area contributed by atoms with Crippen LogP contribution in [0.1, 0.15) is 33.1 Å². The van der Waals surface area contributed by atoms with Crippen molar-refractivity contribution in [1.82, 2.24) is 0 Å². The lowest BCUT2D eigenvalue weighted by atomic mass is 10.2. The second kappa shape index (κ2) is 9.21. The summed E-state index contributed by atoms with van der Waals surface area (Å²) in [4.78, 5) is 31.1. The van der Waals surface area contributed by atoms with Gasteiger partial charge in [-0.15, -0.1) is 0 Å². The SMILES string of the molecule is C=C(CCC)C(=O)OCC.O=C1CC(=O)OCO1. The molecule has 18 heavy (non-hydrogen) atoms. The molecule has 0 atom stereocenters. The Balaban J connectivity index is 0.000000327. The number of hydrogen-bond donors (Lipinski definition) is 0. The third kappa shape index (κ3) is 7.43. The first-order valence-electron chi connectivity index (χ1n) is 5.67. The van der Waals surface area contributed by atoms with Gasteiger partial charge in [0.2, 0.25) is 6.79 Å². The van der Waals surface area contributed by atoms with Gasteiger partial charge in [0.25, 0.3) is 0 Å². The quantitative estimate of drug-likeness (QED) is 0.430. The van der Waals surface area contributed by atoms with Gasteiger partial charge in [-0.05, 0) is 13.3 Å². The van der Waals surface area contributed by atoms with E-state index in [1.165, 1.54) is 0 Å². The second-order valence-electron chi connectivity index (χ2n) is 3.40. The Morgan fingerprint density at radius 2 is 1.83 bits per heavy atom. The fourth-order valence-corrected chi connectivity index (χ4v) is 1.02. The predicted octanol–water partition coefficient (Wildman–Crippen LogP) is 1.34. The minimum Gasteiger partial charge on any atom is -0.463 e. The largest absolute Gasteiger partial charge is 0.463 e. The summed E-state index contributed by atoms with van der Waals surface area (Å²) >= 11 is 0. The zero-order valence-corrected chi connectivity index (χ0v) is 10.7. The summed E-state index contributed by atoms with van der Waals surface area (Å²) in [6.45, 7) is 7.59. The maximum Gasteiger partial charge on any atom is 0.333 e. The molecule has 1 saturated heterocycles. The van der Waals surface area contributed by atoms with Gasteiger partial charge in [0, 0.05) is 5.57 Å². The summed E-state index contributed by atoms with van der Waals surface area (Å²) in [6, 6.07) is 0. The molecular formula is C12H18O6. The summed E-state index contributed by atoms with van der Waals surface area (Å²) in [6.07, 6.45) is 1.43. The summed E-state index contributed by atoms with van der Waals surface area (Å²) in [5.41, 5.74) is 0.573. The lowest BCUT2D eigenvalue weighted by molar-refractivity contribution is -0.181. The predicted molar refractivity (Wildman–Crippen MR) is 62.3 cm³/mol. The third-order valence-corrected chi connectivity index (χ3v) is 1.84. The van der Waals surface area contributed by atoms with E-state index in [1.807, 2.05) is 6.92 Å². The van der Waals surface area contributed by atoms with Crippen LogP contribution in [0, 0.1) is 0 Å². The molecule has 0 N–H and O–H groups in total. The molecule has 0 spiro atoms. The van der Waals surface area contributed by atoms with Crippen molar-refractivity contribution in [3.8, 4) is 0 Å². The number of carbonyl (C=O) groups excluding carboxylic acids is 3. The van der Waals surface area contributed by atoms with Crippen LogP contribution in [0.15, 0.2) is 12.2 Å². The molecule has 6 nitrogen and oxygen atoms in total. The van der Waals surface area contributed by atoms with Gasteiger partial charge in [0.1, 0.15) is 6.42 Å². The van der Waals surface area contributed by atoms with Gasteiger partial charge in [-0.1, -0.05) is 19.9 Å². The standard InChI is InChI=1S/C8H14O2.C4H4O4/c1-4-6-7(3)8(9)10-5-2;5-3-1-4(6)8-2-7-3/h3-6H2,1-2H3;1-2H2. The van der Waals surface area contributed by atoms with Crippen molar-refractivity contribution in [1.29, 1.82) is 0 Å². The van der Waals surface area contributed by atoms with Crippen molar-refractivity contribution in [3.63, 3.8) is 0 Å². The minimum absolute atomic E-state index is 0.225. The van der Waals surface area contributed by atoms with E-state index in [2.05, 4.69) is 16.1 Å². The summed E-state index contributed by atoms with van der Waals surface area (Å²) in [7, 11) is 0. The van der Waals surface area contributed by atoms with Gasteiger partial charge in [-0.25, -0.2) is 4.79 Å². The van der Waals surface area contributed by atoms with Gasteiger partial charge < -0.3 is 14.2 Å². The monoisotopic (exact) mass is 258 g/mol. The molecule has 102 valence electrons. The average molecular weight is 258 g/mol. The van der Waals surface area contributed by atoms with E-state index < -0.39 is 11.9 Å². The van der Waals surface area contributed by atoms with Gasteiger partial charge in [0.05, 0.1) is 6.61 Å². The van der Waals surface area contributed by atoms with Crippen LogP contribution < -0.4 is 0 Å². The van der Waals surface area contributed by atoms with Crippen molar-refractivity contribution in [3.05, 3.63) is 12.2 Å². The molecule has 0 aromatic heterocycles. The first-order chi connectivity index (χ1) is 8.51. The van der Waals surface area contributed by atoms with E-state index in [-0.39, 0.29) is 19.2 Å². The fourth-order valence-electron chi connectivity index (χ4n) is 1.02. The number of cyclic esters (lactones) is 2. The Hall–Kier alpha value is -1.85. The Kier molecular flexibility index (Phi) is 8.26. The van der Waals surface area contributed by atoms with E-state index in [0.29, 0.717) is 12.2 Å². The lowest BCUT2D eigenvalue weighted by Crippen LogP contribution is -2.22. The molecule has 0 radical (unpaired) electrons. The molecule has 1 aliphatic heterocycles. The molecule has 1 fully saturated rings. The van der Waals surface area contributed by atoms with Crippen LogP contribution in [-0.4, -0.2) is 31.3 Å². The Morgan fingerprint density at radius 3 is 2.17 bits per heavy atom. The maximum atomic E-state index is 10.8. The topological polar surface area (TPSA) is 78.9 Å². The van der Waals surface area contributed by atoms with E-state index in [1.54, 1.807) is 6.92 Å². The molecule has 0 aliphatic carbocycles. The van der Waals surface area contributed by atoms with Crippen molar-refractivity contribution >= 4 is 17.9 Å². The first-order valence-corrected chi connectivity index (χ1v) is 5.67. The van der Waals surface area contributed by atoms with Gasteiger partial charge in [-0.2, -0.15) is 0 Å². The molecule has 0 aromatic rings. The number of carbonyl (C=O) groups is 3. The highest BCUT2D eigenvalue weighted by Crippen LogP contribution is 2.03. The van der Waals surface area contributed by atoms with Gasteiger partial charge in [0.15, 0.2) is 0 Å². The van der Waals surface area contributed by atoms with Gasteiger partial charge >= 0.3 is 17.9 Å². The first kappa shape index (κ1) is 16.1. The Labute approximate surface area is 106 Å². The molecule has 0 saturated carbocycles. The highest BCUT2D eigenvalue weighted by atomic mass is 16.7. The number of ether oxygens (including phenoxy) is 3. The fraction of sp³-hybridized carbons (Fsp3) is 0.583. The normalized spacial score (nSPS) is 13.7. The van der Waals surface area contributed by atoms with Crippen LogP contribution in [0.3, 0.4) is 0 Å². The van der Waals surface area contributed by atoms with Crippen molar-refractivity contribution < 1.29 is 28.6 Å². The number of esters is 3. The van der Waals surface area contributed by atoms with E-state index in [9.17, 15) is 14.4 Å². The molecule has 0 unspecified atom stereocenters. The molecule has 1 rings (SSSR count). The summed E-state index contributed by atoms with van der Waals surface area (Å²) in [5, 5.41) is 0. The highest BCUT2D eigenvalue weighted by molar-refractivity contribution is 5.92. The van der Waals surface area contributed by atoms with Crippen LogP contribution in [0.2, 0.25) is 0 Å². The number of rotatable bonds is 4. The van der Waals surface area contributed by atoms with Crippen molar-refractivity contribution in [2.24, 2.45) is 0 Å².